The van der Waals surface area contributed by atoms with E-state index in [-0.39, 0.29) is 12.4 Å². The van der Waals surface area contributed by atoms with Crippen LogP contribution < -0.4 is 9.47 Å². The highest BCUT2D eigenvalue weighted by molar-refractivity contribution is 9.10. The van der Waals surface area contributed by atoms with Crippen molar-refractivity contribution in [2.24, 2.45) is 0 Å². The molecule has 1 aromatic rings. The molecule has 0 saturated carbocycles. The molecule has 0 aromatic heterocycles. The summed E-state index contributed by atoms with van der Waals surface area (Å²) in [6.07, 6.45) is 4.10. The first-order chi connectivity index (χ1) is 9.52. The second-order valence-electron chi connectivity index (χ2n) is 5.02. The smallest absolute Gasteiger partial charge is 0.189 e. The van der Waals surface area contributed by atoms with Crippen LogP contribution in [0, 0.1) is 0 Å². The van der Waals surface area contributed by atoms with E-state index in [4.69, 9.17) is 18.9 Å². The fourth-order valence-electron chi connectivity index (χ4n) is 1.79. The van der Waals surface area contributed by atoms with Gasteiger partial charge in [0.1, 0.15) is 17.1 Å². The summed E-state index contributed by atoms with van der Waals surface area (Å²) >= 11 is 3.49. The Labute approximate surface area is 127 Å². The Morgan fingerprint density at radius 2 is 2.05 bits per heavy atom. The molecule has 4 nitrogen and oxygen atoms in total. The van der Waals surface area contributed by atoms with Gasteiger partial charge in [-0.15, -0.1) is 0 Å². The molecule has 1 aromatic carbocycles. The van der Waals surface area contributed by atoms with Crippen molar-refractivity contribution in [3.63, 3.8) is 0 Å². The number of halogens is 1. The monoisotopic (exact) mass is 342 g/mol. The van der Waals surface area contributed by atoms with Gasteiger partial charge in [-0.25, -0.2) is 0 Å². The molecule has 0 spiro atoms. The zero-order valence-corrected chi connectivity index (χ0v) is 13.5. The van der Waals surface area contributed by atoms with Gasteiger partial charge in [0, 0.05) is 18.7 Å². The summed E-state index contributed by atoms with van der Waals surface area (Å²) in [7, 11) is 1.64. The first-order valence-corrected chi connectivity index (χ1v) is 7.22. The van der Waals surface area contributed by atoms with Crippen molar-refractivity contribution in [3.05, 3.63) is 28.2 Å². The molecule has 0 unspecified atom stereocenters. The minimum atomic E-state index is -0.299. The van der Waals surface area contributed by atoms with E-state index >= 15 is 0 Å². The fraction of sp³-hybridized carbons (Fsp3) is 0.467. The average molecular weight is 343 g/mol. The quantitative estimate of drug-likeness (QED) is 0.584. The van der Waals surface area contributed by atoms with Gasteiger partial charge in [-0.05, 0) is 41.9 Å². The molecule has 0 radical (unpaired) electrons. The van der Waals surface area contributed by atoms with Crippen molar-refractivity contribution in [1.82, 2.24) is 0 Å². The van der Waals surface area contributed by atoms with Crippen molar-refractivity contribution >= 4 is 22.0 Å². The molecule has 0 aliphatic carbocycles. The number of hydrogen-bond donors (Lipinski definition) is 0. The van der Waals surface area contributed by atoms with E-state index < -0.39 is 0 Å². The standard InChI is InChI=1S/C15H19BrO4/c1-15(2)5-4-11-8-12(16)14(9-13(11)20-15)19-10-18-7-6-17-3/h4-5,8-9H,6-7,10H2,1-3H3. The summed E-state index contributed by atoms with van der Waals surface area (Å²) in [4.78, 5) is 0. The third-order valence-corrected chi connectivity index (χ3v) is 3.45. The predicted octanol–water partition coefficient (Wildman–Crippen LogP) is 3.63. The number of fused-ring (bicyclic) bond motifs is 1. The molecular weight excluding hydrogens is 324 g/mol. The van der Waals surface area contributed by atoms with E-state index in [1.165, 1.54) is 0 Å². The van der Waals surface area contributed by atoms with Crippen LogP contribution in [-0.2, 0) is 9.47 Å². The minimum absolute atomic E-state index is 0.181. The van der Waals surface area contributed by atoms with Gasteiger partial charge in [0.05, 0.1) is 17.7 Å². The highest BCUT2D eigenvalue weighted by Gasteiger charge is 2.22. The third kappa shape index (κ3) is 3.98. The van der Waals surface area contributed by atoms with E-state index in [9.17, 15) is 0 Å². The van der Waals surface area contributed by atoms with Crippen LogP contribution in [0.15, 0.2) is 22.7 Å². The molecule has 0 atom stereocenters. The van der Waals surface area contributed by atoms with Crippen LogP contribution in [0.2, 0.25) is 0 Å². The lowest BCUT2D eigenvalue weighted by Gasteiger charge is -2.28. The zero-order valence-electron chi connectivity index (χ0n) is 11.9. The molecule has 1 heterocycles. The summed E-state index contributed by atoms with van der Waals surface area (Å²) < 4.78 is 22.6. The Morgan fingerprint density at radius 1 is 1.25 bits per heavy atom. The molecule has 1 aliphatic heterocycles. The highest BCUT2D eigenvalue weighted by Crippen LogP contribution is 2.38. The molecule has 0 bridgehead atoms. The van der Waals surface area contributed by atoms with Gasteiger partial charge in [0.15, 0.2) is 6.79 Å². The van der Waals surface area contributed by atoms with Crippen LogP contribution >= 0.6 is 15.9 Å². The maximum Gasteiger partial charge on any atom is 0.189 e. The van der Waals surface area contributed by atoms with Crippen molar-refractivity contribution < 1.29 is 18.9 Å². The van der Waals surface area contributed by atoms with E-state index in [0.717, 1.165) is 15.8 Å². The van der Waals surface area contributed by atoms with Crippen LogP contribution in [0.1, 0.15) is 19.4 Å². The van der Waals surface area contributed by atoms with Crippen molar-refractivity contribution in [1.29, 1.82) is 0 Å². The third-order valence-electron chi connectivity index (χ3n) is 2.83. The second-order valence-corrected chi connectivity index (χ2v) is 5.88. The molecule has 110 valence electrons. The predicted molar refractivity (Wildman–Crippen MR) is 81.2 cm³/mol. The Kier molecular flexibility index (Phi) is 5.07. The topological polar surface area (TPSA) is 36.9 Å². The number of methoxy groups -OCH3 is 1. The summed E-state index contributed by atoms with van der Waals surface area (Å²) in [5.74, 6) is 1.51. The van der Waals surface area contributed by atoms with Gasteiger partial charge in [0.2, 0.25) is 0 Å². The number of rotatable bonds is 6. The van der Waals surface area contributed by atoms with Gasteiger partial charge < -0.3 is 18.9 Å². The van der Waals surface area contributed by atoms with Gasteiger partial charge in [-0.2, -0.15) is 0 Å². The lowest BCUT2D eigenvalue weighted by Crippen LogP contribution is -2.27. The Hall–Kier alpha value is -1.04. The first kappa shape index (κ1) is 15.4. The van der Waals surface area contributed by atoms with Gasteiger partial charge >= 0.3 is 0 Å². The molecule has 0 fully saturated rings. The van der Waals surface area contributed by atoms with Gasteiger partial charge in [-0.1, -0.05) is 6.08 Å². The van der Waals surface area contributed by atoms with Gasteiger partial charge in [0.25, 0.3) is 0 Å². The molecule has 5 heteroatoms. The molecule has 2 rings (SSSR count). The summed E-state index contributed by atoms with van der Waals surface area (Å²) in [5, 5.41) is 0. The Balaban J connectivity index is 2.03. The van der Waals surface area contributed by atoms with Crippen LogP contribution in [-0.4, -0.2) is 32.7 Å². The molecular formula is C15H19BrO4. The SMILES string of the molecule is COCCOCOc1cc2c(cc1Br)C=CC(C)(C)O2. The van der Waals surface area contributed by atoms with Gasteiger partial charge in [-0.3, -0.25) is 0 Å². The van der Waals surface area contributed by atoms with Crippen LogP contribution in [0.25, 0.3) is 6.08 Å². The summed E-state index contributed by atoms with van der Waals surface area (Å²) in [5.41, 5.74) is 0.733. The lowest BCUT2D eigenvalue weighted by molar-refractivity contribution is -0.00895. The first-order valence-electron chi connectivity index (χ1n) is 6.43. The second kappa shape index (κ2) is 6.61. The molecule has 20 heavy (non-hydrogen) atoms. The van der Waals surface area contributed by atoms with Crippen LogP contribution in [0.3, 0.4) is 0 Å². The Morgan fingerprint density at radius 3 is 2.80 bits per heavy atom. The largest absolute Gasteiger partial charge is 0.483 e. The van der Waals surface area contributed by atoms with Crippen molar-refractivity contribution in [2.75, 3.05) is 27.1 Å². The van der Waals surface area contributed by atoms with E-state index in [2.05, 4.69) is 22.0 Å². The normalized spacial score (nSPS) is 15.6. The highest BCUT2D eigenvalue weighted by atomic mass is 79.9. The number of ether oxygens (including phenoxy) is 4. The zero-order chi connectivity index (χ0) is 14.6. The molecule has 0 saturated heterocycles. The average Bonchev–Trinajstić information content (AvgIpc) is 2.39. The minimum Gasteiger partial charge on any atom is -0.483 e. The number of hydrogen-bond acceptors (Lipinski definition) is 4. The summed E-state index contributed by atoms with van der Waals surface area (Å²) in [6.45, 7) is 5.27. The molecule has 0 amide bonds. The summed E-state index contributed by atoms with van der Waals surface area (Å²) in [6, 6.07) is 3.86. The van der Waals surface area contributed by atoms with E-state index in [1.54, 1.807) is 7.11 Å². The van der Waals surface area contributed by atoms with E-state index in [1.807, 2.05) is 32.1 Å². The van der Waals surface area contributed by atoms with Crippen LogP contribution in [0.4, 0.5) is 0 Å². The molecule has 1 aliphatic rings. The fourth-order valence-corrected chi connectivity index (χ4v) is 2.27. The Bertz CT molecular complexity index is 497. The van der Waals surface area contributed by atoms with Crippen molar-refractivity contribution in [3.8, 4) is 11.5 Å². The van der Waals surface area contributed by atoms with Crippen molar-refractivity contribution in [2.45, 2.75) is 19.4 Å². The number of benzene rings is 1. The lowest BCUT2D eigenvalue weighted by atomic mass is 10.0. The van der Waals surface area contributed by atoms with Crippen LogP contribution in [0.5, 0.6) is 11.5 Å². The van der Waals surface area contributed by atoms with E-state index in [0.29, 0.717) is 19.0 Å². The maximum atomic E-state index is 5.91. The maximum absolute atomic E-state index is 5.91. The molecule has 0 N–H and O–H groups in total.